The quantitative estimate of drug-likeness (QED) is 0.727. The summed E-state index contributed by atoms with van der Waals surface area (Å²) in [6.07, 6.45) is -1.74. The monoisotopic (exact) mass is 303 g/mol. The van der Waals surface area contributed by atoms with Crippen LogP contribution < -0.4 is 5.73 Å². The van der Waals surface area contributed by atoms with Gasteiger partial charge >= 0.3 is 0 Å². The molecule has 2 unspecified atom stereocenters. The highest BCUT2D eigenvalue weighted by molar-refractivity contribution is 8.13. The molecular formula is C13H18ClNO3S. The molecule has 0 saturated heterocycles. The molecule has 2 atom stereocenters. The van der Waals surface area contributed by atoms with Crippen LogP contribution in [-0.2, 0) is 4.79 Å². The van der Waals surface area contributed by atoms with Gasteiger partial charge in [0.1, 0.15) is 6.10 Å². The Hall–Kier alpha value is -0.750. The number of anilines is 1. The third kappa shape index (κ3) is 4.38. The third-order valence-electron chi connectivity index (χ3n) is 2.86. The van der Waals surface area contributed by atoms with Crippen molar-refractivity contribution in [1.82, 2.24) is 0 Å². The molecule has 4 N–H and O–H groups in total. The van der Waals surface area contributed by atoms with Crippen molar-refractivity contribution in [3.8, 4) is 0 Å². The van der Waals surface area contributed by atoms with Gasteiger partial charge in [-0.1, -0.05) is 29.4 Å². The Bertz CT molecular complexity index is 467. The predicted molar refractivity (Wildman–Crippen MR) is 79.3 cm³/mol. The largest absolute Gasteiger partial charge is 0.398 e. The van der Waals surface area contributed by atoms with Gasteiger partial charge in [0.2, 0.25) is 0 Å². The highest BCUT2D eigenvalue weighted by Gasteiger charge is 2.22. The van der Waals surface area contributed by atoms with Gasteiger partial charge in [-0.15, -0.1) is 0 Å². The molecular weight excluding hydrogens is 286 g/mol. The number of hydrogen-bond donors (Lipinski definition) is 3. The fourth-order valence-electron chi connectivity index (χ4n) is 1.64. The Labute approximate surface area is 122 Å². The maximum atomic E-state index is 10.8. The van der Waals surface area contributed by atoms with Gasteiger partial charge in [0.15, 0.2) is 5.12 Å². The first-order chi connectivity index (χ1) is 8.84. The van der Waals surface area contributed by atoms with Crippen LogP contribution in [0.1, 0.15) is 30.6 Å². The van der Waals surface area contributed by atoms with Gasteiger partial charge in [-0.05, 0) is 25.0 Å². The van der Waals surface area contributed by atoms with E-state index in [1.165, 1.54) is 6.92 Å². The molecule has 4 nitrogen and oxygen atoms in total. The molecule has 0 aliphatic heterocycles. The van der Waals surface area contributed by atoms with Crippen molar-refractivity contribution in [3.05, 3.63) is 28.3 Å². The number of thioether (sulfide) groups is 1. The smallest absolute Gasteiger partial charge is 0.185 e. The fraction of sp³-hybridized carbons (Fsp3) is 0.462. The number of carbonyl (C=O) groups is 1. The molecule has 0 aromatic heterocycles. The molecule has 0 saturated carbocycles. The fourth-order valence-corrected chi connectivity index (χ4v) is 2.57. The minimum absolute atomic E-state index is 0.0111. The van der Waals surface area contributed by atoms with E-state index >= 15 is 0 Å². The Morgan fingerprint density at radius 3 is 2.68 bits per heavy atom. The number of rotatable bonds is 5. The van der Waals surface area contributed by atoms with Crippen LogP contribution in [-0.4, -0.2) is 27.2 Å². The van der Waals surface area contributed by atoms with Crippen LogP contribution in [0.25, 0.3) is 0 Å². The van der Waals surface area contributed by atoms with Gasteiger partial charge in [0.25, 0.3) is 0 Å². The van der Waals surface area contributed by atoms with Crippen LogP contribution in [0.3, 0.4) is 0 Å². The number of hydrogen-bond acceptors (Lipinski definition) is 5. The molecule has 0 fully saturated rings. The molecule has 6 heteroatoms. The Balaban J connectivity index is 2.74. The lowest BCUT2D eigenvalue weighted by atomic mass is 10.00. The molecule has 0 radical (unpaired) electrons. The van der Waals surface area contributed by atoms with E-state index in [-0.39, 0.29) is 5.12 Å². The summed E-state index contributed by atoms with van der Waals surface area (Å²) < 4.78 is 0. The SMILES string of the molecule is CC(=O)SCCC(O)C(O)c1ccc(N)c(C)c1Cl. The molecule has 0 bridgehead atoms. The molecule has 0 spiro atoms. The van der Waals surface area contributed by atoms with Gasteiger partial charge < -0.3 is 15.9 Å². The van der Waals surface area contributed by atoms with Crippen molar-refractivity contribution in [2.45, 2.75) is 32.5 Å². The molecule has 0 heterocycles. The van der Waals surface area contributed by atoms with Gasteiger partial charge in [-0.25, -0.2) is 0 Å². The number of carbonyl (C=O) groups excluding carboxylic acids is 1. The highest BCUT2D eigenvalue weighted by atomic mass is 35.5. The van der Waals surface area contributed by atoms with E-state index < -0.39 is 12.2 Å². The van der Waals surface area contributed by atoms with Crippen LogP contribution >= 0.6 is 23.4 Å². The number of nitrogen functional groups attached to an aromatic ring is 1. The number of aliphatic hydroxyl groups is 2. The van der Waals surface area contributed by atoms with Gasteiger partial charge in [0, 0.05) is 23.9 Å². The summed E-state index contributed by atoms with van der Waals surface area (Å²) in [6.45, 7) is 3.22. The summed E-state index contributed by atoms with van der Waals surface area (Å²) in [5.41, 5.74) is 7.39. The minimum atomic E-state index is -1.08. The summed E-state index contributed by atoms with van der Waals surface area (Å²) in [4.78, 5) is 10.8. The topological polar surface area (TPSA) is 83.5 Å². The molecule has 1 rings (SSSR count). The van der Waals surface area contributed by atoms with E-state index in [0.717, 1.165) is 11.8 Å². The Kier molecular flexibility index (Phi) is 6.13. The van der Waals surface area contributed by atoms with Crippen molar-refractivity contribution >= 4 is 34.2 Å². The van der Waals surface area contributed by atoms with Crippen LogP contribution in [0.4, 0.5) is 5.69 Å². The first-order valence-corrected chi connectivity index (χ1v) is 7.25. The van der Waals surface area contributed by atoms with Gasteiger partial charge in [-0.3, -0.25) is 4.79 Å². The van der Waals surface area contributed by atoms with E-state index in [0.29, 0.717) is 34.0 Å². The van der Waals surface area contributed by atoms with Crippen LogP contribution in [0, 0.1) is 6.92 Å². The lowest BCUT2D eigenvalue weighted by Gasteiger charge is -2.20. The average Bonchev–Trinajstić information content (AvgIpc) is 2.35. The molecule has 1 aromatic carbocycles. The van der Waals surface area contributed by atoms with Crippen molar-refractivity contribution < 1.29 is 15.0 Å². The summed E-state index contributed by atoms with van der Waals surface area (Å²) >= 11 is 7.23. The summed E-state index contributed by atoms with van der Waals surface area (Å²) in [5, 5.41) is 20.3. The zero-order chi connectivity index (χ0) is 14.6. The number of aliphatic hydroxyl groups excluding tert-OH is 2. The lowest BCUT2D eigenvalue weighted by molar-refractivity contribution is -0.109. The Morgan fingerprint density at radius 1 is 1.47 bits per heavy atom. The van der Waals surface area contributed by atoms with Gasteiger partial charge in [-0.2, -0.15) is 0 Å². The third-order valence-corrected chi connectivity index (χ3v) is 4.21. The summed E-state index contributed by atoms with van der Waals surface area (Å²) in [7, 11) is 0. The lowest BCUT2D eigenvalue weighted by Crippen LogP contribution is -2.20. The first kappa shape index (κ1) is 16.3. The molecule has 0 amide bonds. The predicted octanol–water partition coefficient (Wildman–Crippen LogP) is 2.29. The molecule has 1 aromatic rings. The average molecular weight is 304 g/mol. The molecule has 0 aliphatic carbocycles. The standard InChI is InChI=1S/C13H18ClNO3S/c1-7-10(15)4-3-9(12(7)14)13(18)11(17)5-6-19-8(2)16/h3-4,11,13,17-18H,5-6,15H2,1-2H3. The molecule has 106 valence electrons. The van der Waals surface area contributed by atoms with Crippen molar-refractivity contribution in [3.63, 3.8) is 0 Å². The van der Waals surface area contributed by atoms with E-state index in [9.17, 15) is 15.0 Å². The van der Waals surface area contributed by atoms with Crippen molar-refractivity contribution in [1.29, 1.82) is 0 Å². The zero-order valence-electron chi connectivity index (χ0n) is 10.9. The maximum Gasteiger partial charge on any atom is 0.185 e. The maximum absolute atomic E-state index is 10.8. The van der Waals surface area contributed by atoms with Gasteiger partial charge in [0.05, 0.1) is 11.1 Å². The second-order valence-electron chi connectivity index (χ2n) is 4.32. The summed E-state index contributed by atoms with van der Waals surface area (Å²) in [5.74, 6) is 0.457. The van der Waals surface area contributed by atoms with E-state index in [1.54, 1.807) is 19.1 Å². The highest BCUT2D eigenvalue weighted by Crippen LogP contribution is 2.32. The van der Waals surface area contributed by atoms with Crippen LogP contribution in [0.2, 0.25) is 5.02 Å². The number of benzene rings is 1. The van der Waals surface area contributed by atoms with Crippen LogP contribution in [0.15, 0.2) is 12.1 Å². The second kappa shape index (κ2) is 7.14. The van der Waals surface area contributed by atoms with Crippen molar-refractivity contribution in [2.75, 3.05) is 11.5 Å². The van der Waals surface area contributed by atoms with E-state index in [4.69, 9.17) is 17.3 Å². The zero-order valence-corrected chi connectivity index (χ0v) is 12.5. The second-order valence-corrected chi connectivity index (χ2v) is 5.97. The van der Waals surface area contributed by atoms with Crippen molar-refractivity contribution in [2.24, 2.45) is 0 Å². The van der Waals surface area contributed by atoms with Crippen LogP contribution in [0.5, 0.6) is 0 Å². The molecule has 0 aliphatic rings. The normalized spacial score (nSPS) is 14.2. The molecule has 19 heavy (non-hydrogen) atoms. The number of nitrogens with two attached hydrogens (primary N) is 1. The minimum Gasteiger partial charge on any atom is -0.398 e. The first-order valence-electron chi connectivity index (χ1n) is 5.88. The Morgan fingerprint density at radius 2 is 2.11 bits per heavy atom. The van der Waals surface area contributed by atoms with E-state index in [2.05, 4.69) is 0 Å². The van der Waals surface area contributed by atoms with E-state index in [1.807, 2.05) is 0 Å². The summed E-state index contributed by atoms with van der Waals surface area (Å²) in [6, 6.07) is 3.26. The number of halogens is 1.